The molecule has 0 N–H and O–H groups in total. The van der Waals surface area contributed by atoms with Crippen LogP contribution in [-0.4, -0.2) is 48.9 Å². The topological polar surface area (TPSA) is 59.1 Å². The van der Waals surface area contributed by atoms with Crippen molar-refractivity contribution < 1.29 is 27.8 Å². The molecule has 2 aromatic rings. The highest BCUT2D eigenvalue weighted by Gasteiger charge is 2.34. The second-order valence-electron chi connectivity index (χ2n) is 7.42. The number of alkyl halides is 2. The minimum absolute atomic E-state index is 0.0427. The van der Waals surface area contributed by atoms with Crippen LogP contribution in [0.1, 0.15) is 36.4 Å². The fraction of sp³-hybridized carbons (Fsp3) is 0.391. The SMILES string of the molecule is COc1ccc(CN(C)C(=O)C(c2ccccc2)N2CCCCC2=O)cc1OC(F)F. The van der Waals surface area contributed by atoms with Gasteiger partial charge in [-0.05, 0) is 36.1 Å². The molecule has 0 radical (unpaired) electrons. The summed E-state index contributed by atoms with van der Waals surface area (Å²) in [7, 11) is 2.99. The molecule has 2 amide bonds. The molecule has 1 aliphatic rings. The number of piperidine rings is 1. The number of likely N-dealkylation sites (N-methyl/N-ethyl adjacent to an activating group) is 1. The molecule has 31 heavy (non-hydrogen) atoms. The van der Waals surface area contributed by atoms with E-state index in [1.807, 2.05) is 30.3 Å². The number of rotatable bonds is 8. The molecular weight excluding hydrogens is 406 g/mol. The van der Waals surface area contributed by atoms with E-state index < -0.39 is 12.7 Å². The van der Waals surface area contributed by atoms with Gasteiger partial charge in [0.15, 0.2) is 11.5 Å². The summed E-state index contributed by atoms with van der Waals surface area (Å²) in [5.41, 5.74) is 1.34. The molecular formula is C23H26F2N2O4. The van der Waals surface area contributed by atoms with Crippen molar-refractivity contribution in [3.63, 3.8) is 0 Å². The molecule has 6 nitrogen and oxygen atoms in total. The summed E-state index contributed by atoms with van der Waals surface area (Å²) < 4.78 is 35.0. The Hall–Kier alpha value is -3.16. The van der Waals surface area contributed by atoms with Gasteiger partial charge in [-0.2, -0.15) is 8.78 Å². The molecule has 1 heterocycles. The summed E-state index contributed by atoms with van der Waals surface area (Å²) in [6, 6.07) is 13.1. The van der Waals surface area contributed by atoms with E-state index in [2.05, 4.69) is 4.74 Å². The Kier molecular flexibility index (Phi) is 7.44. The van der Waals surface area contributed by atoms with Crippen LogP contribution in [0.3, 0.4) is 0 Å². The van der Waals surface area contributed by atoms with E-state index in [1.165, 1.54) is 24.1 Å². The third-order valence-corrected chi connectivity index (χ3v) is 5.26. The summed E-state index contributed by atoms with van der Waals surface area (Å²) in [6.07, 6.45) is 2.09. The molecule has 166 valence electrons. The molecule has 0 bridgehead atoms. The molecule has 8 heteroatoms. The number of methoxy groups -OCH3 is 1. The standard InChI is InChI=1S/C23H26F2N2O4/c1-26(15-16-11-12-18(30-2)19(14-16)31-23(24)25)22(29)21(17-8-4-3-5-9-17)27-13-7-6-10-20(27)28/h3-5,8-9,11-12,14,21,23H,6-7,10,13,15H2,1-2H3. The van der Waals surface area contributed by atoms with Gasteiger partial charge < -0.3 is 19.3 Å². The number of carbonyl (C=O) groups excluding carboxylic acids is 2. The van der Waals surface area contributed by atoms with Crippen LogP contribution in [0.2, 0.25) is 0 Å². The minimum Gasteiger partial charge on any atom is -0.493 e. The predicted molar refractivity (Wildman–Crippen MR) is 111 cm³/mol. The first kappa shape index (κ1) is 22.5. The molecule has 0 aromatic heterocycles. The molecule has 2 aromatic carbocycles. The average Bonchev–Trinajstić information content (AvgIpc) is 2.76. The van der Waals surface area contributed by atoms with Gasteiger partial charge in [0.2, 0.25) is 11.8 Å². The van der Waals surface area contributed by atoms with Crippen LogP contribution < -0.4 is 9.47 Å². The number of hydrogen-bond donors (Lipinski definition) is 0. The first-order valence-electron chi connectivity index (χ1n) is 10.1. The maximum atomic E-state index is 13.4. The quantitative estimate of drug-likeness (QED) is 0.633. The van der Waals surface area contributed by atoms with Gasteiger partial charge in [0.1, 0.15) is 6.04 Å². The summed E-state index contributed by atoms with van der Waals surface area (Å²) >= 11 is 0. The lowest BCUT2D eigenvalue weighted by molar-refractivity contribution is -0.147. The van der Waals surface area contributed by atoms with Gasteiger partial charge in [0.05, 0.1) is 7.11 Å². The normalized spacial score (nSPS) is 15.0. The highest BCUT2D eigenvalue weighted by molar-refractivity contribution is 5.89. The van der Waals surface area contributed by atoms with Crippen molar-refractivity contribution in [3.8, 4) is 11.5 Å². The van der Waals surface area contributed by atoms with Crippen LogP contribution in [0.5, 0.6) is 11.5 Å². The van der Waals surface area contributed by atoms with Gasteiger partial charge in [0.25, 0.3) is 0 Å². The van der Waals surface area contributed by atoms with E-state index in [0.29, 0.717) is 18.5 Å². The second kappa shape index (κ2) is 10.2. The third-order valence-electron chi connectivity index (χ3n) is 5.26. The van der Waals surface area contributed by atoms with Crippen molar-refractivity contribution in [3.05, 3.63) is 59.7 Å². The van der Waals surface area contributed by atoms with Crippen molar-refractivity contribution in [2.24, 2.45) is 0 Å². The van der Waals surface area contributed by atoms with Gasteiger partial charge in [0, 0.05) is 26.6 Å². The van der Waals surface area contributed by atoms with E-state index >= 15 is 0 Å². The Morgan fingerprint density at radius 1 is 1.13 bits per heavy atom. The number of amides is 2. The lowest BCUT2D eigenvalue weighted by Gasteiger charge is -2.36. The summed E-state index contributed by atoms with van der Waals surface area (Å²) in [4.78, 5) is 29.1. The number of ether oxygens (including phenoxy) is 2. The van der Waals surface area contributed by atoms with Crippen LogP contribution in [0.25, 0.3) is 0 Å². The molecule has 0 aliphatic carbocycles. The largest absolute Gasteiger partial charge is 0.493 e. The Morgan fingerprint density at radius 2 is 1.87 bits per heavy atom. The van der Waals surface area contributed by atoms with Crippen LogP contribution in [0.15, 0.2) is 48.5 Å². The highest BCUT2D eigenvalue weighted by atomic mass is 19.3. The first-order valence-corrected chi connectivity index (χ1v) is 10.1. The number of hydrogen-bond acceptors (Lipinski definition) is 4. The third kappa shape index (κ3) is 5.51. The molecule has 3 rings (SSSR count). The zero-order valence-electron chi connectivity index (χ0n) is 17.6. The fourth-order valence-electron chi connectivity index (χ4n) is 3.76. The van der Waals surface area contributed by atoms with Crippen LogP contribution in [0.4, 0.5) is 8.78 Å². The molecule has 1 unspecified atom stereocenters. The van der Waals surface area contributed by atoms with Crippen molar-refractivity contribution >= 4 is 11.8 Å². The molecule has 1 saturated heterocycles. The highest BCUT2D eigenvalue weighted by Crippen LogP contribution is 2.31. The molecule has 1 aliphatic heterocycles. The van der Waals surface area contributed by atoms with Crippen molar-refractivity contribution in [2.75, 3.05) is 20.7 Å². The van der Waals surface area contributed by atoms with Crippen LogP contribution >= 0.6 is 0 Å². The monoisotopic (exact) mass is 432 g/mol. The molecule has 0 saturated carbocycles. The molecule has 1 fully saturated rings. The number of halogens is 2. The van der Waals surface area contributed by atoms with Gasteiger partial charge in [-0.25, -0.2) is 0 Å². The lowest BCUT2D eigenvalue weighted by Crippen LogP contribution is -2.46. The van der Waals surface area contributed by atoms with Crippen LogP contribution in [0, 0.1) is 0 Å². The number of benzene rings is 2. The van der Waals surface area contributed by atoms with Gasteiger partial charge in [-0.15, -0.1) is 0 Å². The van der Waals surface area contributed by atoms with Crippen LogP contribution in [-0.2, 0) is 16.1 Å². The van der Waals surface area contributed by atoms with E-state index in [1.54, 1.807) is 18.0 Å². The zero-order chi connectivity index (χ0) is 22.4. The van der Waals surface area contributed by atoms with E-state index in [-0.39, 0.29) is 29.9 Å². The fourth-order valence-corrected chi connectivity index (χ4v) is 3.76. The van der Waals surface area contributed by atoms with Crippen molar-refractivity contribution in [2.45, 2.75) is 38.5 Å². The summed E-state index contributed by atoms with van der Waals surface area (Å²) in [5, 5.41) is 0. The minimum atomic E-state index is -2.99. The summed E-state index contributed by atoms with van der Waals surface area (Å²) in [6.45, 7) is -2.31. The maximum Gasteiger partial charge on any atom is 0.387 e. The van der Waals surface area contributed by atoms with Gasteiger partial charge in [-0.1, -0.05) is 36.4 Å². The number of carbonyl (C=O) groups is 2. The second-order valence-corrected chi connectivity index (χ2v) is 7.42. The van der Waals surface area contributed by atoms with Gasteiger partial charge >= 0.3 is 6.61 Å². The lowest BCUT2D eigenvalue weighted by atomic mass is 10.00. The summed E-state index contributed by atoms with van der Waals surface area (Å²) in [5.74, 6) is -0.201. The maximum absolute atomic E-state index is 13.4. The van der Waals surface area contributed by atoms with E-state index in [0.717, 1.165) is 18.4 Å². The number of nitrogens with zero attached hydrogens (tertiary/aromatic N) is 2. The Labute approximate surface area is 180 Å². The first-order chi connectivity index (χ1) is 14.9. The van der Waals surface area contributed by atoms with Crippen molar-refractivity contribution in [1.29, 1.82) is 0 Å². The van der Waals surface area contributed by atoms with E-state index in [4.69, 9.17) is 4.74 Å². The molecule has 0 spiro atoms. The Balaban J connectivity index is 1.84. The Bertz CT molecular complexity index is 908. The van der Waals surface area contributed by atoms with Crippen molar-refractivity contribution in [1.82, 2.24) is 9.80 Å². The predicted octanol–water partition coefficient (Wildman–Crippen LogP) is 4.01. The van der Waals surface area contributed by atoms with Gasteiger partial charge in [-0.3, -0.25) is 9.59 Å². The number of likely N-dealkylation sites (tertiary alicyclic amines) is 1. The molecule has 1 atom stereocenters. The average molecular weight is 432 g/mol. The van der Waals surface area contributed by atoms with E-state index in [9.17, 15) is 18.4 Å². The Morgan fingerprint density at radius 3 is 2.52 bits per heavy atom. The zero-order valence-corrected chi connectivity index (χ0v) is 17.6. The smallest absolute Gasteiger partial charge is 0.387 e.